The highest BCUT2D eigenvalue weighted by atomic mass is 16.3. The van der Waals surface area contributed by atoms with Crippen LogP contribution in [0.4, 0.5) is 0 Å². The highest BCUT2D eigenvalue weighted by molar-refractivity contribution is 5.99. The molecule has 71 heavy (non-hydrogen) atoms. The van der Waals surface area contributed by atoms with E-state index in [0.29, 0.717) is 17.0 Å². The standard InChI is InChI=1S/C67H55N3O/c1-43(2)53-39-58(44(3)4)66(71)61(40-53)67-69-65-57(27-18-28-63(65)70(67)64-42-59(50-23-14-8-15-24-50)45(5)35-60(64)51-25-16-9-17-26-51)55-36-54(47-21-12-7-13-22-47)37-56(38-55)62-41-52(33-34-68-62)49-31-29-48(30-32-49)46-19-10-6-11-20-46/h6-44,71H,1-5H3/i5D3. The van der Waals surface area contributed by atoms with Gasteiger partial charge in [0.15, 0.2) is 0 Å². The molecular weight excluding hydrogens is 863 g/mol. The second-order valence-corrected chi connectivity index (χ2v) is 18.9. The summed E-state index contributed by atoms with van der Waals surface area (Å²) in [6.07, 6.45) is 1.88. The summed E-state index contributed by atoms with van der Waals surface area (Å²) in [5.74, 6) is 0.881. The van der Waals surface area contributed by atoms with E-state index in [4.69, 9.17) is 14.1 Å². The van der Waals surface area contributed by atoms with Gasteiger partial charge in [0.2, 0.25) is 0 Å². The van der Waals surface area contributed by atoms with Crippen molar-refractivity contribution in [3.05, 3.63) is 241 Å². The molecule has 0 aliphatic carbocycles. The molecule has 0 atom stereocenters. The van der Waals surface area contributed by atoms with Gasteiger partial charge < -0.3 is 5.11 Å². The van der Waals surface area contributed by atoms with E-state index in [1.54, 1.807) is 0 Å². The van der Waals surface area contributed by atoms with Crippen LogP contribution in [0.15, 0.2) is 225 Å². The Morgan fingerprint density at radius 1 is 0.437 bits per heavy atom. The molecule has 0 amide bonds. The maximum atomic E-state index is 12.5. The number of phenols is 1. The van der Waals surface area contributed by atoms with Gasteiger partial charge in [0.25, 0.3) is 0 Å². The Hall–Kier alpha value is -8.60. The minimum absolute atomic E-state index is 0.0175. The van der Waals surface area contributed by atoms with Crippen LogP contribution in [-0.4, -0.2) is 19.6 Å². The third kappa shape index (κ3) is 8.74. The highest BCUT2D eigenvalue weighted by Crippen LogP contribution is 2.45. The average molecular weight is 921 g/mol. The molecule has 4 nitrogen and oxygen atoms in total. The van der Waals surface area contributed by atoms with Gasteiger partial charge in [-0.15, -0.1) is 0 Å². The molecule has 0 bridgehead atoms. The zero-order valence-corrected chi connectivity index (χ0v) is 40.3. The first-order valence-electron chi connectivity index (χ1n) is 25.9. The lowest BCUT2D eigenvalue weighted by molar-refractivity contribution is 0.466. The van der Waals surface area contributed by atoms with Gasteiger partial charge in [-0.3, -0.25) is 9.55 Å². The number of phenolic OH excluding ortho intramolecular Hbond substituents is 1. The second-order valence-electron chi connectivity index (χ2n) is 18.9. The number of para-hydroxylation sites is 1. The van der Waals surface area contributed by atoms with Crippen molar-refractivity contribution < 1.29 is 9.22 Å². The molecule has 0 radical (unpaired) electrons. The number of aryl methyl sites for hydroxylation is 1. The first-order chi connectivity index (χ1) is 35.9. The Morgan fingerprint density at radius 2 is 1.00 bits per heavy atom. The smallest absolute Gasteiger partial charge is 0.149 e. The monoisotopic (exact) mass is 920 g/mol. The topological polar surface area (TPSA) is 50.9 Å². The molecular formula is C67H55N3O. The van der Waals surface area contributed by atoms with Gasteiger partial charge >= 0.3 is 0 Å². The first kappa shape index (κ1) is 41.4. The van der Waals surface area contributed by atoms with Crippen molar-refractivity contribution >= 4 is 11.0 Å². The van der Waals surface area contributed by atoms with E-state index in [1.165, 1.54) is 5.56 Å². The van der Waals surface area contributed by atoms with Crippen molar-refractivity contribution in [2.24, 2.45) is 0 Å². The Morgan fingerprint density at radius 3 is 1.62 bits per heavy atom. The summed E-state index contributed by atoms with van der Waals surface area (Å²) in [4.78, 5) is 10.7. The van der Waals surface area contributed by atoms with Gasteiger partial charge in [0.05, 0.1) is 28.0 Å². The van der Waals surface area contributed by atoms with Gasteiger partial charge in [-0.1, -0.05) is 191 Å². The average Bonchev–Trinajstić information content (AvgIpc) is 3.85. The molecule has 2 aromatic heterocycles. The summed E-state index contributed by atoms with van der Waals surface area (Å²) in [6, 6.07) is 74.3. The Balaban J connectivity index is 1.18. The number of imidazole rings is 1. The van der Waals surface area contributed by atoms with Crippen molar-refractivity contribution in [1.82, 2.24) is 14.5 Å². The Bertz CT molecular complexity index is 3810. The second kappa shape index (κ2) is 19.1. The zero-order valence-electron chi connectivity index (χ0n) is 43.3. The fourth-order valence-electron chi connectivity index (χ4n) is 9.84. The van der Waals surface area contributed by atoms with E-state index >= 15 is 0 Å². The van der Waals surface area contributed by atoms with Crippen molar-refractivity contribution in [2.45, 2.75) is 46.4 Å². The van der Waals surface area contributed by atoms with Crippen LogP contribution in [0.25, 0.3) is 106 Å². The predicted octanol–water partition coefficient (Wildman–Crippen LogP) is 18.0. The number of fused-ring (bicyclic) bond motifs is 1. The fourth-order valence-corrected chi connectivity index (χ4v) is 9.84. The molecule has 0 fully saturated rings. The summed E-state index contributed by atoms with van der Waals surface area (Å²) in [7, 11) is 0. The molecule has 4 heteroatoms. The highest BCUT2D eigenvalue weighted by Gasteiger charge is 2.26. The molecule has 0 saturated carbocycles. The van der Waals surface area contributed by atoms with Crippen LogP contribution >= 0.6 is 0 Å². The maximum absolute atomic E-state index is 12.5. The third-order valence-corrected chi connectivity index (χ3v) is 13.7. The van der Waals surface area contributed by atoms with Gasteiger partial charge in [-0.2, -0.15) is 0 Å². The van der Waals surface area contributed by atoms with Gasteiger partial charge in [0, 0.05) is 27.0 Å². The Labute approximate surface area is 421 Å². The predicted molar refractivity (Wildman–Crippen MR) is 297 cm³/mol. The molecule has 2 heterocycles. The van der Waals surface area contributed by atoms with E-state index in [-0.39, 0.29) is 23.1 Å². The number of rotatable bonds is 11. The van der Waals surface area contributed by atoms with E-state index in [0.717, 1.165) is 94.7 Å². The van der Waals surface area contributed by atoms with Crippen LogP contribution in [0.2, 0.25) is 0 Å². The van der Waals surface area contributed by atoms with Crippen LogP contribution in [0.3, 0.4) is 0 Å². The van der Waals surface area contributed by atoms with Crippen LogP contribution < -0.4 is 0 Å². The van der Waals surface area contributed by atoms with Crippen molar-refractivity contribution in [3.63, 3.8) is 0 Å². The van der Waals surface area contributed by atoms with E-state index in [2.05, 4.69) is 166 Å². The molecule has 11 rings (SSSR count). The summed E-state index contributed by atoms with van der Waals surface area (Å²) < 4.78 is 28.8. The quantitative estimate of drug-likeness (QED) is 0.141. The van der Waals surface area contributed by atoms with E-state index in [1.807, 2.05) is 91.1 Å². The molecule has 344 valence electrons. The van der Waals surface area contributed by atoms with Gasteiger partial charge in [-0.25, -0.2) is 4.98 Å². The molecule has 9 aromatic carbocycles. The third-order valence-electron chi connectivity index (χ3n) is 13.7. The number of aromatic nitrogens is 3. The molecule has 0 saturated heterocycles. The van der Waals surface area contributed by atoms with Crippen LogP contribution in [0.5, 0.6) is 5.75 Å². The van der Waals surface area contributed by atoms with Gasteiger partial charge in [-0.05, 0) is 146 Å². The van der Waals surface area contributed by atoms with Crippen LogP contribution in [0.1, 0.15) is 60.3 Å². The number of nitrogens with zero attached hydrogens (tertiary/aromatic N) is 3. The molecule has 0 aliphatic rings. The van der Waals surface area contributed by atoms with Crippen molar-refractivity contribution in [3.8, 4) is 101 Å². The van der Waals surface area contributed by atoms with E-state index in [9.17, 15) is 5.11 Å². The number of hydrogen-bond donors (Lipinski definition) is 1. The minimum atomic E-state index is -2.43. The zero-order chi connectivity index (χ0) is 51.1. The van der Waals surface area contributed by atoms with Crippen molar-refractivity contribution in [1.29, 1.82) is 0 Å². The number of aromatic hydroxyl groups is 1. The van der Waals surface area contributed by atoms with E-state index < -0.39 is 6.85 Å². The summed E-state index contributed by atoms with van der Waals surface area (Å²) >= 11 is 0. The molecule has 0 unspecified atom stereocenters. The normalized spacial score (nSPS) is 12.3. The summed E-state index contributed by atoms with van der Waals surface area (Å²) in [5.41, 5.74) is 18.1. The molecule has 1 N–H and O–H groups in total. The minimum Gasteiger partial charge on any atom is -0.507 e. The number of pyridine rings is 1. The maximum Gasteiger partial charge on any atom is 0.149 e. The van der Waals surface area contributed by atoms with Gasteiger partial charge in [0.1, 0.15) is 11.6 Å². The summed E-state index contributed by atoms with van der Waals surface area (Å²) in [5, 5.41) is 12.5. The number of hydrogen-bond acceptors (Lipinski definition) is 3. The molecule has 11 aromatic rings. The largest absolute Gasteiger partial charge is 0.507 e. The molecule has 0 spiro atoms. The number of benzene rings is 9. The summed E-state index contributed by atoms with van der Waals surface area (Å²) in [6.45, 7) is 6.09. The lowest BCUT2D eigenvalue weighted by Gasteiger charge is -2.21. The first-order valence-corrected chi connectivity index (χ1v) is 24.4. The lowest BCUT2D eigenvalue weighted by atomic mass is 9.91. The SMILES string of the molecule is [2H]C([2H])([2H])c1cc(-c2ccccc2)c(-n2c(-c3cc(C(C)C)cc(C(C)C)c3O)nc3c(-c4cc(-c5ccccc5)cc(-c5cc(-c6ccc(-c7ccccc7)cc6)ccn5)c4)cccc32)cc1-c1ccccc1. The molecule has 0 aliphatic heterocycles. The van der Waals surface area contributed by atoms with Crippen LogP contribution in [0, 0.1) is 6.85 Å². The lowest BCUT2D eigenvalue weighted by Crippen LogP contribution is -2.04. The fraction of sp³-hybridized carbons (Fsp3) is 0.104. The van der Waals surface area contributed by atoms with Crippen LogP contribution in [-0.2, 0) is 0 Å². The Kier molecular flexibility index (Phi) is 11.1. The van der Waals surface area contributed by atoms with Crippen molar-refractivity contribution in [2.75, 3.05) is 0 Å².